The summed E-state index contributed by atoms with van der Waals surface area (Å²) in [4.78, 5) is 4.44. The lowest BCUT2D eigenvalue weighted by Gasteiger charge is -2.11. The highest BCUT2D eigenvalue weighted by molar-refractivity contribution is 5.55. The van der Waals surface area contributed by atoms with Gasteiger partial charge in [0.05, 0.1) is 0 Å². The van der Waals surface area contributed by atoms with Crippen molar-refractivity contribution >= 4 is 0 Å². The molecule has 0 aliphatic carbocycles. The summed E-state index contributed by atoms with van der Waals surface area (Å²) in [5.74, 6) is 0.997. The molecule has 0 saturated carbocycles. The van der Waals surface area contributed by atoms with Crippen LogP contribution >= 0.6 is 0 Å². The van der Waals surface area contributed by atoms with Crippen molar-refractivity contribution in [2.45, 2.75) is 19.9 Å². The Labute approximate surface area is 115 Å². The summed E-state index contributed by atoms with van der Waals surface area (Å²) < 4.78 is 2.14. The summed E-state index contributed by atoms with van der Waals surface area (Å²) in [5, 5.41) is 3.37. The first-order valence-electron chi connectivity index (χ1n) is 6.75. The van der Waals surface area contributed by atoms with Gasteiger partial charge >= 0.3 is 0 Å². The van der Waals surface area contributed by atoms with E-state index in [9.17, 15) is 0 Å². The van der Waals surface area contributed by atoms with Crippen LogP contribution in [0.1, 0.15) is 13.3 Å². The maximum absolute atomic E-state index is 4.44. The summed E-state index contributed by atoms with van der Waals surface area (Å²) in [6.07, 6.45) is 5.00. The van der Waals surface area contributed by atoms with Crippen LogP contribution in [0.4, 0.5) is 0 Å². The van der Waals surface area contributed by atoms with Crippen LogP contribution in [0.2, 0.25) is 0 Å². The van der Waals surface area contributed by atoms with Crippen LogP contribution < -0.4 is 5.32 Å². The summed E-state index contributed by atoms with van der Waals surface area (Å²) >= 11 is 0. The minimum absolute atomic E-state index is 0.806. The van der Waals surface area contributed by atoms with E-state index in [1.54, 1.807) is 0 Å². The van der Waals surface area contributed by atoms with E-state index in [0.717, 1.165) is 37.4 Å². The summed E-state index contributed by atoms with van der Waals surface area (Å²) in [6, 6.07) is 10.2. The van der Waals surface area contributed by atoms with Gasteiger partial charge in [-0.2, -0.15) is 0 Å². The van der Waals surface area contributed by atoms with Crippen LogP contribution in [0.15, 0.2) is 54.9 Å². The number of nitrogens with one attached hydrogen (secondary N) is 1. The third-order valence-corrected chi connectivity index (χ3v) is 2.94. The number of aromatic nitrogens is 2. The fourth-order valence-electron chi connectivity index (χ4n) is 2.02. The van der Waals surface area contributed by atoms with Gasteiger partial charge < -0.3 is 9.88 Å². The molecule has 0 aliphatic rings. The van der Waals surface area contributed by atoms with Crippen LogP contribution in [0.3, 0.4) is 0 Å². The first-order valence-corrected chi connectivity index (χ1v) is 6.75. The molecule has 2 rings (SSSR count). The molecule has 0 radical (unpaired) electrons. The molecular weight excluding hydrogens is 234 g/mol. The van der Waals surface area contributed by atoms with Crippen molar-refractivity contribution in [3.63, 3.8) is 0 Å². The zero-order valence-corrected chi connectivity index (χ0v) is 11.5. The van der Waals surface area contributed by atoms with Gasteiger partial charge in [-0.15, -0.1) is 0 Å². The Bertz CT molecular complexity index is 514. The average molecular weight is 255 g/mol. The van der Waals surface area contributed by atoms with Gasteiger partial charge in [0.25, 0.3) is 0 Å². The molecule has 0 saturated heterocycles. The highest BCUT2D eigenvalue weighted by Gasteiger charge is 2.06. The van der Waals surface area contributed by atoms with Gasteiger partial charge in [-0.1, -0.05) is 43.8 Å². The van der Waals surface area contributed by atoms with E-state index in [1.807, 2.05) is 30.6 Å². The molecule has 1 N–H and O–H groups in total. The van der Waals surface area contributed by atoms with Crippen molar-refractivity contribution in [2.75, 3.05) is 13.1 Å². The van der Waals surface area contributed by atoms with E-state index in [2.05, 4.69) is 40.5 Å². The Morgan fingerprint density at radius 3 is 2.84 bits per heavy atom. The van der Waals surface area contributed by atoms with E-state index in [-0.39, 0.29) is 0 Å². The highest BCUT2D eigenvalue weighted by Crippen LogP contribution is 2.17. The van der Waals surface area contributed by atoms with E-state index in [1.165, 1.54) is 5.57 Å². The predicted octanol–water partition coefficient (Wildman–Crippen LogP) is 3.11. The molecule has 2 aromatic rings. The van der Waals surface area contributed by atoms with Gasteiger partial charge in [0, 0.05) is 31.0 Å². The Morgan fingerprint density at radius 2 is 2.11 bits per heavy atom. The van der Waals surface area contributed by atoms with Crippen LogP contribution in [-0.4, -0.2) is 22.6 Å². The van der Waals surface area contributed by atoms with Crippen molar-refractivity contribution in [3.8, 4) is 11.4 Å². The fourth-order valence-corrected chi connectivity index (χ4v) is 2.02. The Hall–Kier alpha value is -1.87. The van der Waals surface area contributed by atoms with Crippen LogP contribution in [0.5, 0.6) is 0 Å². The van der Waals surface area contributed by atoms with Crippen molar-refractivity contribution in [3.05, 3.63) is 54.9 Å². The summed E-state index contributed by atoms with van der Waals surface area (Å²) in [5.41, 5.74) is 2.31. The molecule has 1 aromatic heterocycles. The topological polar surface area (TPSA) is 29.9 Å². The minimum Gasteiger partial charge on any atom is -0.327 e. The Morgan fingerprint density at radius 1 is 1.32 bits per heavy atom. The third-order valence-electron chi connectivity index (χ3n) is 2.94. The zero-order chi connectivity index (χ0) is 13.5. The number of hydrogen-bond donors (Lipinski definition) is 1. The molecule has 0 amide bonds. The second-order valence-corrected chi connectivity index (χ2v) is 4.67. The second kappa shape index (κ2) is 6.90. The van der Waals surface area contributed by atoms with Gasteiger partial charge in [-0.05, 0) is 18.5 Å². The van der Waals surface area contributed by atoms with E-state index in [0.29, 0.717) is 0 Å². The third kappa shape index (κ3) is 3.80. The number of benzene rings is 1. The molecule has 0 unspecified atom stereocenters. The molecule has 0 fully saturated rings. The molecule has 3 heteroatoms. The van der Waals surface area contributed by atoms with E-state index in [4.69, 9.17) is 0 Å². The van der Waals surface area contributed by atoms with Crippen molar-refractivity contribution < 1.29 is 0 Å². The normalized spacial score (nSPS) is 10.6. The van der Waals surface area contributed by atoms with Gasteiger partial charge in [-0.3, -0.25) is 0 Å². The van der Waals surface area contributed by atoms with E-state index < -0.39 is 0 Å². The quantitative estimate of drug-likeness (QED) is 0.608. The van der Waals surface area contributed by atoms with Crippen LogP contribution in [0.25, 0.3) is 11.4 Å². The second-order valence-electron chi connectivity index (χ2n) is 4.67. The molecule has 0 aliphatic heterocycles. The maximum Gasteiger partial charge on any atom is 0.140 e. The first-order chi connectivity index (χ1) is 9.31. The van der Waals surface area contributed by atoms with Gasteiger partial charge in [0.2, 0.25) is 0 Å². The summed E-state index contributed by atoms with van der Waals surface area (Å²) in [6.45, 7) is 8.99. The van der Waals surface area contributed by atoms with E-state index >= 15 is 0 Å². The molecule has 0 bridgehead atoms. The monoisotopic (exact) mass is 255 g/mol. The van der Waals surface area contributed by atoms with Gasteiger partial charge in [-0.25, -0.2) is 4.98 Å². The van der Waals surface area contributed by atoms with Crippen molar-refractivity contribution in [2.24, 2.45) is 0 Å². The Balaban J connectivity index is 2.02. The standard InChI is InChI=1S/C16H21N3/c1-3-9-17-12-14(2)13-19-11-10-18-16(19)15-7-5-4-6-8-15/h4-8,10-11,17H,2-3,9,12-13H2,1H3. The molecule has 0 atom stereocenters. The van der Waals surface area contributed by atoms with Crippen LogP contribution in [0, 0.1) is 0 Å². The average Bonchev–Trinajstić information content (AvgIpc) is 2.88. The lowest BCUT2D eigenvalue weighted by Crippen LogP contribution is -2.19. The van der Waals surface area contributed by atoms with Crippen molar-refractivity contribution in [1.82, 2.24) is 14.9 Å². The number of hydrogen-bond acceptors (Lipinski definition) is 2. The largest absolute Gasteiger partial charge is 0.327 e. The fraction of sp³-hybridized carbons (Fsp3) is 0.312. The lowest BCUT2D eigenvalue weighted by molar-refractivity contribution is 0.676. The molecule has 1 aromatic carbocycles. The zero-order valence-electron chi connectivity index (χ0n) is 11.5. The molecule has 100 valence electrons. The maximum atomic E-state index is 4.44. The molecule has 1 heterocycles. The molecular formula is C16H21N3. The summed E-state index contributed by atoms with van der Waals surface area (Å²) in [7, 11) is 0. The lowest BCUT2D eigenvalue weighted by atomic mass is 10.2. The van der Waals surface area contributed by atoms with Gasteiger partial charge in [0.1, 0.15) is 5.82 Å². The molecule has 19 heavy (non-hydrogen) atoms. The SMILES string of the molecule is C=C(CNCCC)Cn1ccnc1-c1ccccc1. The smallest absolute Gasteiger partial charge is 0.140 e. The minimum atomic E-state index is 0.806. The Kier molecular flexibility index (Phi) is 4.93. The molecule has 3 nitrogen and oxygen atoms in total. The van der Waals surface area contributed by atoms with Gasteiger partial charge in [0.15, 0.2) is 0 Å². The van der Waals surface area contributed by atoms with Crippen LogP contribution in [-0.2, 0) is 6.54 Å². The van der Waals surface area contributed by atoms with Crippen molar-refractivity contribution in [1.29, 1.82) is 0 Å². The number of nitrogens with zero attached hydrogens (tertiary/aromatic N) is 2. The number of rotatable bonds is 7. The number of imidazole rings is 1. The first kappa shape index (κ1) is 13.6. The highest BCUT2D eigenvalue weighted by atomic mass is 15.1. The molecule has 0 spiro atoms. The predicted molar refractivity (Wildman–Crippen MR) is 80.0 cm³/mol.